The minimum Gasteiger partial charge on any atom is -0.463 e. The van der Waals surface area contributed by atoms with Crippen molar-refractivity contribution in [3.8, 4) is 10.7 Å². The van der Waals surface area contributed by atoms with Crippen LogP contribution in [0, 0.1) is 18.8 Å². The molecule has 37 heavy (non-hydrogen) atoms. The first-order chi connectivity index (χ1) is 17.6. The van der Waals surface area contributed by atoms with Crippen molar-refractivity contribution in [2.45, 2.75) is 59.4 Å². The van der Waals surface area contributed by atoms with Crippen LogP contribution in [0.15, 0.2) is 24.8 Å². The summed E-state index contributed by atoms with van der Waals surface area (Å²) in [6.45, 7) is 8.60. The van der Waals surface area contributed by atoms with Gasteiger partial charge >= 0.3 is 11.9 Å². The molecular weight excluding hydrogens is 516 g/mol. The summed E-state index contributed by atoms with van der Waals surface area (Å²) in [4.78, 5) is 54.7. The molecule has 1 aliphatic heterocycles. The van der Waals surface area contributed by atoms with Crippen LogP contribution < -0.4 is 0 Å². The Morgan fingerprint density at radius 2 is 1.78 bits per heavy atom. The molecule has 5 atom stereocenters. The Hall–Kier alpha value is -3.09. The van der Waals surface area contributed by atoms with E-state index >= 15 is 0 Å². The molecule has 0 saturated carbocycles. The van der Waals surface area contributed by atoms with Gasteiger partial charge in [-0.1, -0.05) is 13.8 Å². The average Bonchev–Trinajstić information content (AvgIpc) is 3.49. The van der Waals surface area contributed by atoms with Crippen LogP contribution in [0.2, 0.25) is 0 Å². The number of thiazole rings is 2. The van der Waals surface area contributed by atoms with Crippen molar-refractivity contribution in [2.24, 2.45) is 11.8 Å². The summed E-state index contributed by atoms with van der Waals surface area (Å²) < 4.78 is 17.1. The molecule has 4 heterocycles. The number of carbonyl (C=O) groups excluding carboxylic acids is 3. The molecule has 4 rings (SSSR count). The number of carbonyl (C=O) groups is 3. The van der Waals surface area contributed by atoms with E-state index in [1.165, 1.54) is 36.5 Å². The van der Waals surface area contributed by atoms with Crippen LogP contribution in [0.3, 0.4) is 0 Å². The SMILES string of the molecule is CC(=O)OCC1OC(Cc2ncc(C(=O)c3sc(-c4cnccn4)nc3C)s2)C(OC(C)=O)C(C)C1C. The van der Waals surface area contributed by atoms with E-state index in [9.17, 15) is 14.4 Å². The largest absolute Gasteiger partial charge is 0.463 e. The molecule has 3 aromatic rings. The van der Waals surface area contributed by atoms with Crippen molar-refractivity contribution in [1.82, 2.24) is 19.9 Å². The topological polar surface area (TPSA) is 130 Å². The molecule has 0 amide bonds. The van der Waals surface area contributed by atoms with Gasteiger partial charge in [-0.05, 0) is 12.8 Å². The summed E-state index contributed by atoms with van der Waals surface area (Å²) >= 11 is 2.54. The minimum absolute atomic E-state index is 0.00816. The number of hydrogen-bond acceptors (Lipinski definition) is 12. The van der Waals surface area contributed by atoms with Crippen LogP contribution in [0.25, 0.3) is 10.7 Å². The zero-order chi connectivity index (χ0) is 26.7. The molecule has 0 radical (unpaired) electrons. The molecule has 12 heteroatoms. The maximum absolute atomic E-state index is 13.3. The standard InChI is InChI=1S/C25H28N4O6S2/c1-12-13(2)23(34-16(5)31)18(35-19(12)11-33-15(4)30)8-21-28-10-20(36-21)22(32)24-14(3)29-25(37-24)17-9-26-6-7-27-17/h6-7,9-10,12-13,18-19,23H,8,11H2,1-5H3. The lowest BCUT2D eigenvalue weighted by Gasteiger charge is -2.43. The van der Waals surface area contributed by atoms with Crippen molar-refractivity contribution >= 4 is 40.4 Å². The van der Waals surface area contributed by atoms with Gasteiger partial charge < -0.3 is 14.2 Å². The van der Waals surface area contributed by atoms with Crippen molar-refractivity contribution in [3.63, 3.8) is 0 Å². The lowest BCUT2D eigenvalue weighted by Crippen LogP contribution is -2.53. The van der Waals surface area contributed by atoms with Crippen LogP contribution in [0.1, 0.15) is 52.9 Å². The van der Waals surface area contributed by atoms with Crippen molar-refractivity contribution in [2.75, 3.05) is 6.61 Å². The Labute approximate surface area is 222 Å². The van der Waals surface area contributed by atoms with Crippen LogP contribution in [0.5, 0.6) is 0 Å². The monoisotopic (exact) mass is 544 g/mol. The maximum atomic E-state index is 13.3. The van der Waals surface area contributed by atoms with E-state index in [-0.39, 0.29) is 36.3 Å². The highest BCUT2D eigenvalue weighted by molar-refractivity contribution is 7.19. The number of aromatic nitrogens is 4. The van der Waals surface area contributed by atoms with Crippen molar-refractivity contribution in [1.29, 1.82) is 0 Å². The number of nitrogens with zero attached hydrogens (tertiary/aromatic N) is 4. The van der Waals surface area contributed by atoms with Gasteiger partial charge in [-0.3, -0.25) is 24.4 Å². The molecular formula is C25H28N4O6S2. The third-order valence-corrected chi connectivity index (χ3v) is 8.54. The number of aryl methyl sites for hydroxylation is 1. The quantitative estimate of drug-likeness (QED) is 0.306. The molecule has 196 valence electrons. The number of esters is 2. The second kappa shape index (κ2) is 11.5. The number of hydrogen-bond donors (Lipinski definition) is 0. The Kier molecular flexibility index (Phi) is 8.40. The van der Waals surface area contributed by atoms with Gasteiger partial charge in [0.1, 0.15) is 29.5 Å². The van der Waals surface area contributed by atoms with Crippen molar-refractivity contribution in [3.05, 3.63) is 45.2 Å². The average molecular weight is 545 g/mol. The smallest absolute Gasteiger partial charge is 0.303 e. The van der Waals surface area contributed by atoms with E-state index in [4.69, 9.17) is 14.2 Å². The van der Waals surface area contributed by atoms with Crippen LogP contribution >= 0.6 is 22.7 Å². The normalized spacial score (nSPS) is 23.4. The summed E-state index contributed by atoms with van der Waals surface area (Å²) in [5.41, 5.74) is 1.23. The highest BCUT2D eigenvalue weighted by Crippen LogP contribution is 2.35. The van der Waals surface area contributed by atoms with Gasteiger partial charge in [0.15, 0.2) is 0 Å². The fraction of sp³-hybridized carbons (Fsp3) is 0.480. The second-order valence-electron chi connectivity index (χ2n) is 8.98. The van der Waals surface area contributed by atoms with Crippen LogP contribution in [-0.4, -0.2) is 62.6 Å². The summed E-state index contributed by atoms with van der Waals surface area (Å²) in [5, 5.41) is 1.30. The predicted octanol–water partition coefficient (Wildman–Crippen LogP) is 3.67. The fourth-order valence-corrected chi connectivity index (χ4v) is 6.21. The first-order valence-electron chi connectivity index (χ1n) is 11.8. The zero-order valence-corrected chi connectivity index (χ0v) is 22.8. The van der Waals surface area contributed by atoms with E-state index in [0.717, 1.165) is 0 Å². The van der Waals surface area contributed by atoms with Gasteiger partial charge in [-0.15, -0.1) is 22.7 Å². The molecule has 0 spiro atoms. The molecule has 10 nitrogen and oxygen atoms in total. The third-order valence-electron chi connectivity index (χ3n) is 6.34. The van der Waals surface area contributed by atoms with Gasteiger partial charge in [0.05, 0.1) is 32.8 Å². The first-order valence-corrected chi connectivity index (χ1v) is 13.5. The summed E-state index contributed by atoms with van der Waals surface area (Å²) in [6, 6.07) is 0. The molecule has 5 unspecified atom stereocenters. The zero-order valence-electron chi connectivity index (χ0n) is 21.2. The van der Waals surface area contributed by atoms with Gasteiger partial charge in [-0.2, -0.15) is 0 Å². The van der Waals surface area contributed by atoms with E-state index in [1.807, 2.05) is 13.8 Å². The summed E-state index contributed by atoms with van der Waals surface area (Å²) in [5.74, 6) is -0.990. The molecule has 0 aliphatic carbocycles. The van der Waals surface area contributed by atoms with Gasteiger partial charge in [-0.25, -0.2) is 9.97 Å². The van der Waals surface area contributed by atoms with Crippen LogP contribution in [-0.2, 0) is 30.2 Å². The molecule has 0 aromatic carbocycles. The van der Waals surface area contributed by atoms with E-state index in [2.05, 4.69) is 19.9 Å². The lowest BCUT2D eigenvalue weighted by molar-refractivity contribution is -0.203. The summed E-state index contributed by atoms with van der Waals surface area (Å²) in [7, 11) is 0. The van der Waals surface area contributed by atoms with E-state index in [0.29, 0.717) is 37.6 Å². The Bertz CT molecular complexity index is 1280. The predicted molar refractivity (Wildman–Crippen MR) is 136 cm³/mol. The highest BCUT2D eigenvalue weighted by atomic mass is 32.1. The third kappa shape index (κ3) is 6.25. The lowest BCUT2D eigenvalue weighted by atomic mass is 9.80. The van der Waals surface area contributed by atoms with E-state index in [1.54, 1.807) is 31.7 Å². The van der Waals surface area contributed by atoms with Crippen molar-refractivity contribution < 1.29 is 28.6 Å². The highest BCUT2D eigenvalue weighted by Gasteiger charge is 2.44. The Morgan fingerprint density at radius 1 is 1.00 bits per heavy atom. The number of rotatable bonds is 8. The van der Waals surface area contributed by atoms with Crippen LogP contribution in [0.4, 0.5) is 0 Å². The molecule has 3 aromatic heterocycles. The molecule has 0 N–H and O–H groups in total. The second-order valence-corrected chi connectivity index (χ2v) is 11.1. The van der Waals surface area contributed by atoms with Gasteiger partial charge in [0, 0.05) is 44.8 Å². The minimum atomic E-state index is -0.502. The maximum Gasteiger partial charge on any atom is 0.303 e. The van der Waals surface area contributed by atoms with E-state index < -0.39 is 18.2 Å². The Morgan fingerprint density at radius 3 is 2.46 bits per heavy atom. The summed E-state index contributed by atoms with van der Waals surface area (Å²) in [6.07, 6.45) is 5.31. The molecule has 1 saturated heterocycles. The Balaban J connectivity index is 1.52. The first kappa shape index (κ1) is 27.0. The molecule has 0 bridgehead atoms. The number of ether oxygens (including phenoxy) is 3. The fourth-order valence-electron chi connectivity index (χ4n) is 4.25. The number of ketones is 1. The van der Waals surface area contributed by atoms with Gasteiger partial charge in [0.2, 0.25) is 5.78 Å². The van der Waals surface area contributed by atoms with Gasteiger partial charge in [0.25, 0.3) is 0 Å². The molecule has 1 aliphatic rings. The molecule has 1 fully saturated rings.